The Morgan fingerprint density at radius 3 is 3.00 bits per heavy atom. The summed E-state index contributed by atoms with van der Waals surface area (Å²) in [5.41, 5.74) is 0.448. The van der Waals surface area contributed by atoms with E-state index in [0.717, 1.165) is 17.7 Å². The zero-order chi connectivity index (χ0) is 11.9. The lowest BCUT2D eigenvalue weighted by Gasteiger charge is -2.32. The van der Waals surface area contributed by atoms with E-state index in [4.69, 9.17) is 0 Å². The lowest BCUT2D eigenvalue weighted by atomic mass is 9.87. The van der Waals surface area contributed by atoms with Crippen LogP contribution in [0.5, 0.6) is 0 Å². The Hall–Kier alpha value is -1.49. The fraction of sp³-hybridized carbons (Fsp3) is 0.333. The second-order valence-corrected chi connectivity index (χ2v) is 5.29. The summed E-state index contributed by atoms with van der Waals surface area (Å²) in [6, 6.07) is 8.07. The smallest absolute Gasteiger partial charge is 0.257 e. The van der Waals surface area contributed by atoms with Gasteiger partial charge in [-0.3, -0.25) is 15.1 Å². The van der Waals surface area contributed by atoms with Crippen LogP contribution < -0.4 is 10.6 Å². The molecule has 3 rings (SSSR count). The average molecular weight is 247 g/mol. The minimum absolute atomic E-state index is 0.00542. The molecule has 1 unspecified atom stereocenters. The van der Waals surface area contributed by atoms with Gasteiger partial charge >= 0.3 is 0 Å². The van der Waals surface area contributed by atoms with Crippen LogP contribution in [0, 0.1) is 0 Å². The zero-order valence-corrected chi connectivity index (χ0v) is 10.3. The molecule has 0 aliphatic carbocycles. The van der Waals surface area contributed by atoms with E-state index in [1.165, 1.54) is 4.90 Å². The van der Waals surface area contributed by atoms with Gasteiger partial charge in [0, 0.05) is 23.3 Å². The molecule has 1 fully saturated rings. The Morgan fingerprint density at radius 2 is 2.24 bits per heavy atom. The first-order valence-electron chi connectivity index (χ1n) is 5.55. The van der Waals surface area contributed by atoms with E-state index in [0.29, 0.717) is 5.96 Å². The van der Waals surface area contributed by atoms with Crippen LogP contribution in [0.4, 0.5) is 0 Å². The van der Waals surface area contributed by atoms with Gasteiger partial charge in [-0.25, -0.2) is 0 Å². The number of carbonyl (C=O) groups excluding carboxylic acids is 1. The molecule has 17 heavy (non-hydrogen) atoms. The largest absolute Gasteiger partial charge is 0.338 e. The molecule has 0 radical (unpaired) electrons. The highest BCUT2D eigenvalue weighted by molar-refractivity contribution is 7.99. The average Bonchev–Trinajstić information content (AvgIpc) is 2.68. The molecule has 1 atom stereocenters. The van der Waals surface area contributed by atoms with E-state index in [1.807, 2.05) is 18.2 Å². The van der Waals surface area contributed by atoms with Crippen LogP contribution in [0.1, 0.15) is 12.0 Å². The van der Waals surface area contributed by atoms with Gasteiger partial charge in [-0.05, 0) is 12.5 Å². The van der Waals surface area contributed by atoms with Crippen molar-refractivity contribution in [2.45, 2.75) is 16.9 Å². The fourth-order valence-corrected chi connectivity index (χ4v) is 3.58. The number of thioether (sulfide) groups is 1. The molecule has 1 saturated heterocycles. The number of nitrogens with zero attached hydrogens (tertiary/aromatic N) is 1. The van der Waals surface area contributed by atoms with E-state index in [1.54, 1.807) is 18.8 Å². The van der Waals surface area contributed by atoms with Crippen molar-refractivity contribution < 1.29 is 4.79 Å². The van der Waals surface area contributed by atoms with Gasteiger partial charge in [-0.2, -0.15) is 0 Å². The molecule has 1 aromatic carbocycles. The van der Waals surface area contributed by atoms with Crippen LogP contribution in [0.2, 0.25) is 0 Å². The number of fused-ring (bicyclic) bond motifs is 2. The Morgan fingerprint density at radius 1 is 1.41 bits per heavy atom. The van der Waals surface area contributed by atoms with Gasteiger partial charge in [-0.15, -0.1) is 11.8 Å². The predicted molar refractivity (Wildman–Crippen MR) is 68.1 cm³/mol. The van der Waals surface area contributed by atoms with Crippen molar-refractivity contribution in [2.24, 2.45) is 4.99 Å². The van der Waals surface area contributed by atoms with Crippen LogP contribution in [0.25, 0.3) is 0 Å². The Labute approximate surface area is 104 Å². The molecule has 1 spiro atoms. The third kappa shape index (κ3) is 1.45. The first-order chi connectivity index (χ1) is 8.26. The number of amides is 1. The first-order valence-corrected chi connectivity index (χ1v) is 6.53. The molecule has 88 valence electrons. The van der Waals surface area contributed by atoms with Gasteiger partial charge in [0.2, 0.25) is 0 Å². The normalized spacial score (nSPS) is 29.0. The van der Waals surface area contributed by atoms with Gasteiger partial charge in [0.25, 0.3) is 5.91 Å². The summed E-state index contributed by atoms with van der Waals surface area (Å²) in [7, 11) is 1.67. The minimum atomic E-state index is -0.614. The summed E-state index contributed by atoms with van der Waals surface area (Å²) in [5, 5.41) is 6.03. The molecule has 2 aliphatic rings. The number of hydrogen-bond donors (Lipinski definition) is 2. The van der Waals surface area contributed by atoms with Crippen molar-refractivity contribution in [3.05, 3.63) is 29.8 Å². The maximum absolute atomic E-state index is 12.2. The Bertz CT molecular complexity index is 514. The van der Waals surface area contributed by atoms with Gasteiger partial charge in [0.15, 0.2) is 5.96 Å². The number of aliphatic imine (C=N–C) groups is 1. The van der Waals surface area contributed by atoms with Gasteiger partial charge in [0.1, 0.15) is 5.54 Å². The lowest BCUT2D eigenvalue weighted by Crippen LogP contribution is -2.46. The summed E-state index contributed by atoms with van der Waals surface area (Å²) >= 11 is 1.80. The summed E-state index contributed by atoms with van der Waals surface area (Å²) in [4.78, 5) is 17.4. The predicted octanol–water partition coefficient (Wildman–Crippen LogP) is 1.08. The topological polar surface area (TPSA) is 53.5 Å². The highest BCUT2D eigenvalue weighted by Gasteiger charge is 2.48. The molecular formula is C12H13N3OS. The van der Waals surface area contributed by atoms with E-state index < -0.39 is 5.54 Å². The molecule has 0 saturated carbocycles. The molecule has 0 aromatic heterocycles. The van der Waals surface area contributed by atoms with Crippen LogP contribution in [0.3, 0.4) is 0 Å². The summed E-state index contributed by atoms with van der Waals surface area (Å²) < 4.78 is 0. The van der Waals surface area contributed by atoms with Gasteiger partial charge < -0.3 is 5.32 Å². The number of guanidine groups is 1. The highest BCUT2D eigenvalue weighted by atomic mass is 32.2. The fourth-order valence-electron chi connectivity index (χ4n) is 2.38. The van der Waals surface area contributed by atoms with Crippen molar-refractivity contribution in [3.8, 4) is 0 Å². The van der Waals surface area contributed by atoms with E-state index >= 15 is 0 Å². The van der Waals surface area contributed by atoms with Crippen molar-refractivity contribution in [1.82, 2.24) is 10.6 Å². The monoisotopic (exact) mass is 247 g/mol. The summed E-state index contributed by atoms with van der Waals surface area (Å²) in [6.45, 7) is 0. The van der Waals surface area contributed by atoms with Crippen molar-refractivity contribution in [2.75, 3.05) is 12.8 Å². The van der Waals surface area contributed by atoms with Crippen LogP contribution >= 0.6 is 11.8 Å². The number of rotatable bonds is 0. The van der Waals surface area contributed by atoms with E-state index in [9.17, 15) is 4.79 Å². The lowest BCUT2D eigenvalue weighted by molar-refractivity contribution is -0.124. The zero-order valence-electron chi connectivity index (χ0n) is 9.49. The summed E-state index contributed by atoms with van der Waals surface area (Å²) in [5.74, 6) is 1.51. The Balaban J connectivity index is 2.14. The van der Waals surface area contributed by atoms with Gasteiger partial charge in [-0.1, -0.05) is 18.2 Å². The standard InChI is InChI=1S/C12H13N3OS/c1-13-11-14-10(16)12(15-11)6-7-17-9-5-3-2-4-8(9)12/h2-5H,6-7H2,1H3,(H2,13,14,15,16). The minimum Gasteiger partial charge on any atom is -0.338 e. The molecule has 1 aromatic rings. The quantitative estimate of drug-likeness (QED) is 0.721. The van der Waals surface area contributed by atoms with Crippen molar-refractivity contribution in [3.63, 3.8) is 0 Å². The molecule has 0 bridgehead atoms. The Kier molecular flexibility index (Phi) is 2.36. The number of carbonyl (C=O) groups is 1. The molecule has 2 N–H and O–H groups in total. The molecule has 2 heterocycles. The number of nitrogens with one attached hydrogen (secondary N) is 2. The molecular weight excluding hydrogens is 234 g/mol. The third-order valence-electron chi connectivity index (χ3n) is 3.26. The highest BCUT2D eigenvalue weighted by Crippen LogP contribution is 2.41. The maximum atomic E-state index is 12.2. The third-order valence-corrected chi connectivity index (χ3v) is 4.33. The van der Waals surface area contributed by atoms with Gasteiger partial charge in [0.05, 0.1) is 0 Å². The molecule has 1 amide bonds. The van der Waals surface area contributed by atoms with Crippen LogP contribution in [0.15, 0.2) is 34.2 Å². The second-order valence-electron chi connectivity index (χ2n) is 4.15. The maximum Gasteiger partial charge on any atom is 0.257 e. The molecule has 5 heteroatoms. The van der Waals surface area contributed by atoms with Crippen molar-refractivity contribution in [1.29, 1.82) is 0 Å². The summed E-state index contributed by atoms with van der Waals surface area (Å²) in [6.07, 6.45) is 0.791. The second kappa shape index (κ2) is 3.77. The number of benzene rings is 1. The first kappa shape index (κ1) is 10.7. The van der Waals surface area contributed by atoms with E-state index in [-0.39, 0.29) is 5.91 Å². The van der Waals surface area contributed by atoms with E-state index in [2.05, 4.69) is 21.7 Å². The molecule has 4 nitrogen and oxygen atoms in total. The molecule has 2 aliphatic heterocycles. The number of hydrogen-bond acceptors (Lipinski definition) is 3. The van der Waals surface area contributed by atoms with Crippen LogP contribution in [-0.2, 0) is 10.3 Å². The SMILES string of the molecule is CN=C1NC(=O)C2(CCSc3ccccc32)N1. The van der Waals surface area contributed by atoms with Crippen LogP contribution in [-0.4, -0.2) is 24.7 Å². The van der Waals surface area contributed by atoms with Crippen molar-refractivity contribution >= 4 is 23.6 Å².